The molecular weight excluding hydrogens is 314 g/mol. The molecule has 2 heterocycles. The Kier molecular flexibility index (Phi) is 4.50. The van der Waals surface area contributed by atoms with Gasteiger partial charge < -0.3 is 9.64 Å². The van der Waals surface area contributed by atoms with Gasteiger partial charge in [0.15, 0.2) is 0 Å². The summed E-state index contributed by atoms with van der Waals surface area (Å²) >= 11 is 0. The summed E-state index contributed by atoms with van der Waals surface area (Å²) in [5, 5.41) is 0. The second kappa shape index (κ2) is 6.47. The van der Waals surface area contributed by atoms with Crippen LogP contribution in [0.25, 0.3) is 0 Å². The predicted molar refractivity (Wildman–Crippen MR) is 98.3 cm³/mol. The third kappa shape index (κ3) is 3.23. The van der Waals surface area contributed by atoms with Crippen LogP contribution < -0.4 is 9.64 Å². The van der Waals surface area contributed by atoms with Gasteiger partial charge in [-0.15, -0.1) is 0 Å². The summed E-state index contributed by atoms with van der Waals surface area (Å²) in [7, 11) is 0. The molecule has 0 fully saturated rings. The molecule has 5 nitrogen and oxygen atoms in total. The first-order valence-corrected chi connectivity index (χ1v) is 8.73. The highest BCUT2D eigenvalue weighted by Crippen LogP contribution is 2.45. The van der Waals surface area contributed by atoms with Crippen LogP contribution in [0.15, 0.2) is 30.6 Å². The number of benzene rings is 1. The van der Waals surface area contributed by atoms with Crippen molar-refractivity contribution in [1.29, 1.82) is 0 Å². The third-order valence-corrected chi connectivity index (χ3v) is 4.70. The van der Waals surface area contributed by atoms with E-state index in [1.165, 1.54) is 0 Å². The van der Waals surface area contributed by atoms with Crippen molar-refractivity contribution in [3.8, 4) is 5.75 Å². The van der Waals surface area contributed by atoms with Gasteiger partial charge in [0.1, 0.15) is 11.4 Å². The summed E-state index contributed by atoms with van der Waals surface area (Å²) < 4.78 is 5.64. The second-order valence-electron chi connectivity index (χ2n) is 7.25. The largest absolute Gasteiger partial charge is 0.494 e. The number of carbonyl (C=O) groups is 1. The topological polar surface area (TPSA) is 55.3 Å². The third-order valence-electron chi connectivity index (χ3n) is 4.70. The number of fused-ring (bicyclic) bond motifs is 1. The number of ether oxygens (including phenoxy) is 1. The Labute approximate surface area is 149 Å². The molecule has 0 saturated heterocycles. The van der Waals surface area contributed by atoms with E-state index in [4.69, 9.17) is 4.74 Å². The van der Waals surface area contributed by atoms with Crippen molar-refractivity contribution >= 4 is 11.6 Å². The van der Waals surface area contributed by atoms with Gasteiger partial charge in [0.2, 0.25) is 0 Å². The molecule has 1 atom stereocenters. The summed E-state index contributed by atoms with van der Waals surface area (Å²) in [5.41, 5.74) is 2.93. The highest BCUT2D eigenvalue weighted by molar-refractivity contribution is 6.06. The van der Waals surface area contributed by atoms with Gasteiger partial charge in [-0.2, -0.15) is 0 Å². The van der Waals surface area contributed by atoms with Gasteiger partial charge in [-0.3, -0.25) is 9.78 Å². The summed E-state index contributed by atoms with van der Waals surface area (Å²) in [6, 6.07) is 5.97. The zero-order valence-electron chi connectivity index (χ0n) is 15.5. The standard InChI is InChI=1S/C20H25N3O2/c1-6-25-15-7-8-18-16(9-15)13(2)10-20(4,5)23(18)19(24)17-12-21-14(3)11-22-17/h7-9,11-13H,6,10H2,1-5H3. The van der Waals surface area contributed by atoms with E-state index in [9.17, 15) is 4.79 Å². The van der Waals surface area contributed by atoms with Crippen LogP contribution in [0, 0.1) is 6.92 Å². The molecule has 1 aromatic heterocycles. The maximum atomic E-state index is 13.2. The Morgan fingerprint density at radius 3 is 2.72 bits per heavy atom. The number of hydrogen-bond acceptors (Lipinski definition) is 4. The van der Waals surface area contributed by atoms with E-state index in [1.54, 1.807) is 12.4 Å². The summed E-state index contributed by atoms with van der Waals surface area (Å²) in [6.45, 7) is 10.9. The molecule has 0 aliphatic carbocycles. The number of amides is 1. The molecule has 25 heavy (non-hydrogen) atoms. The monoisotopic (exact) mass is 339 g/mol. The molecule has 1 aromatic carbocycles. The van der Waals surface area contributed by atoms with Crippen LogP contribution in [-0.4, -0.2) is 28.0 Å². The number of hydrogen-bond donors (Lipinski definition) is 0. The molecule has 1 amide bonds. The lowest BCUT2D eigenvalue weighted by Crippen LogP contribution is -2.51. The minimum Gasteiger partial charge on any atom is -0.494 e. The van der Waals surface area contributed by atoms with Crippen molar-refractivity contribution < 1.29 is 9.53 Å². The molecule has 132 valence electrons. The maximum Gasteiger partial charge on any atom is 0.278 e. The first kappa shape index (κ1) is 17.4. The summed E-state index contributed by atoms with van der Waals surface area (Å²) in [6.07, 6.45) is 4.06. The van der Waals surface area contributed by atoms with Gasteiger partial charge in [-0.1, -0.05) is 6.92 Å². The predicted octanol–water partition coefficient (Wildman–Crippen LogP) is 4.12. The normalized spacial score (nSPS) is 18.6. The Morgan fingerprint density at radius 2 is 2.08 bits per heavy atom. The molecule has 1 aliphatic heterocycles. The maximum absolute atomic E-state index is 13.2. The Morgan fingerprint density at radius 1 is 1.32 bits per heavy atom. The number of aryl methyl sites for hydroxylation is 1. The lowest BCUT2D eigenvalue weighted by molar-refractivity contribution is 0.0948. The fraction of sp³-hybridized carbons (Fsp3) is 0.450. The van der Waals surface area contributed by atoms with Crippen molar-refractivity contribution in [2.24, 2.45) is 0 Å². The van der Waals surface area contributed by atoms with Gasteiger partial charge in [0.25, 0.3) is 5.91 Å². The zero-order chi connectivity index (χ0) is 18.2. The summed E-state index contributed by atoms with van der Waals surface area (Å²) in [4.78, 5) is 23.6. The Hall–Kier alpha value is -2.43. The van der Waals surface area contributed by atoms with Crippen molar-refractivity contribution in [2.75, 3.05) is 11.5 Å². The summed E-state index contributed by atoms with van der Waals surface area (Å²) in [5.74, 6) is 1.07. The molecule has 1 unspecified atom stereocenters. The van der Waals surface area contributed by atoms with E-state index < -0.39 is 0 Å². The van der Waals surface area contributed by atoms with Crippen molar-refractivity contribution in [2.45, 2.75) is 52.5 Å². The molecule has 3 rings (SSSR count). The number of rotatable bonds is 3. The highest BCUT2D eigenvalue weighted by atomic mass is 16.5. The fourth-order valence-electron chi connectivity index (χ4n) is 3.67. The molecule has 0 N–H and O–H groups in total. The first-order valence-electron chi connectivity index (χ1n) is 8.73. The average molecular weight is 339 g/mol. The van der Waals surface area contributed by atoms with Gasteiger partial charge in [-0.05, 0) is 63.8 Å². The number of nitrogens with zero attached hydrogens (tertiary/aromatic N) is 3. The van der Waals surface area contributed by atoms with Crippen LogP contribution in [0.2, 0.25) is 0 Å². The number of carbonyl (C=O) groups excluding carboxylic acids is 1. The van der Waals surface area contributed by atoms with E-state index in [0.717, 1.165) is 29.1 Å². The molecular formula is C20H25N3O2. The molecule has 1 aliphatic rings. The molecule has 2 aromatic rings. The minimum absolute atomic E-state index is 0.116. The molecule has 0 bridgehead atoms. The molecule has 0 saturated carbocycles. The fourth-order valence-corrected chi connectivity index (χ4v) is 3.67. The quantitative estimate of drug-likeness (QED) is 0.844. The van der Waals surface area contributed by atoms with E-state index in [0.29, 0.717) is 18.2 Å². The SMILES string of the molecule is CCOc1ccc2c(c1)C(C)CC(C)(C)N2C(=O)c1cnc(C)cn1. The van der Waals surface area contributed by atoms with E-state index in [1.807, 2.05) is 30.9 Å². The number of aromatic nitrogens is 2. The van der Waals surface area contributed by atoms with Crippen LogP contribution in [0.1, 0.15) is 61.8 Å². The first-order chi connectivity index (χ1) is 11.8. The average Bonchev–Trinajstić information content (AvgIpc) is 2.55. The Balaban J connectivity index is 2.07. The molecule has 0 radical (unpaired) electrons. The smallest absolute Gasteiger partial charge is 0.278 e. The van der Waals surface area contributed by atoms with Crippen molar-refractivity contribution in [3.63, 3.8) is 0 Å². The highest BCUT2D eigenvalue weighted by Gasteiger charge is 2.40. The Bertz CT molecular complexity index is 784. The van der Waals surface area contributed by atoms with E-state index in [-0.39, 0.29) is 11.4 Å². The second-order valence-corrected chi connectivity index (χ2v) is 7.25. The lowest BCUT2D eigenvalue weighted by atomic mass is 9.80. The number of anilines is 1. The van der Waals surface area contributed by atoms with Crippen LogP contribution >= 0.6 is 0 Å². The van der Waals surface area contributed by atoms with Crippen molar-refractivity contribution in [1.82, 2.24) is 9.97 Å². The van der Waals surface area contributed by atoms with Crippen LogP contribution in [0.4, 0.5) is 5.69 Å². The van der Waals surface area contributed by atoms with E-state index in [2.05, 4.69) is 36.8 Å². The van der Waals surface area contributed by atoms with Gasteiger partial charge in [-0.25, -0.2) is 4.98 Å². The lowest BCUT2D eigenvalue weighted by Gasteiger charge is -2.45. The van der Waals surface area contributed by atoms with Crippen LogP contribution in [0.3, 0.4) is 0 Å². The van der Waals surface area contributed by atoms with Gasteiger partial charge in [0.05, 0.1) is 18.5 Å². The van der Waals surface area contributed by atoms with E-state index >= 15 is 0 Å². The molecule has 5 heteroatoms. The minimum atomic E-state index is -0.302. The molecule has 0 spiro atoms. The van der Waals surface area contributed by atoms with Gasteiger partial charge in [0, 0.05) is 17.4 Å². The van der Waals surface area contributed by atoms with Gasteiger partial charge >= 0.3 is 0 Å². The van der Waals surface area contributed by atoms with Crippen LogP contribution in [-0.2, 0) is 0 Å². The zero-order valence-corrected chi connectivity index (χ0v) is 15.5. The van der Waals surface area contributed by atoms with Crippen molar-refractivity contribution in [3.05, 3.63) is 47.5 Å². The van der Waals surface area contributed by atoms with Crippen LogP contribution in [0.5, 0.6) is 5.75 Å².